The average molecular weight is 394 g/mol. The molecule has 0 bridgehead atoms. The monoisotopic (exact) mass is 394 g/mol. The molecule has 0 aliphatic rings. The van der Waals surface area contributed by atoms with Gasteiger partial charge in [-0.25, -0.2) is 14.3 Å². The first kappa shape index (κ1) is 17.5. The lowest BCUT2D eigenvalue weighted by Gasteiger charge is -2.12. The summed E-state index contributed by atoms with van der Waals surface area (Å²) in [5, 5.41) is 13.0. The fourth-order valence-corrected chi connectivity index (χ4v) is 4.31. The number of aromatic carboxylic acids is 1. The van der Waals surface area contributed by atoms with E-state index in [2.05, 4.69) is 15.1 Å². The number of carbonyl (C=O) groups is 1. The summed E-state index contributed by atoms with van der Waals surface area (Å²) in [5.41, 5.74) is 1.05. The second kappa shape index (κ2) is 5.81. The molecule has 4 heterocycles. The second-order valence-electron chi connectivity index (χ2n) is 6.40. The van der Waals surface area contributed by atoms with Crippen molar-refractivity contribution in [1.82, 2.24) is 19.6 Å². The largest absolute Gasteiger partial charge is 0.477 e. The highest BCUT2D eigenvalue weighted by molar-refractivity contribution is 7.21. The Morgan fingerprint density at radius 2 is 2.07 bits per heavy atom. The number of carboxylic acid groups (broad SMARTS) is 1. The Bertz CT molecular complexity index is 1190. The van der Waals surface area contributed by atoms with Crippen molar-refractivity contribution >= 4 is 33.2 Å². The molecule has 0 saturated heterocycles. The molecule has 0 amide bonds. The van der Waals surface area contributed by atoms with Crippen LogP contribution in [0.25, 0.3) is 27.1 Å². The van der Waals surface area contributed by atoms with Crippen LogP contribution >= 0.6 is 11.3 Å². The number of rotatable bonds is 3. The molecule has 27 heavy (non-hydrogen) atoms. The highest BCUT2D eigenvalue weighted by Gasteiger charge is 2.35. The van der Waals surface area contributed by atoms with Crippen molar-refractivity contribution in [3.05, 3.63) is 40.7 Å². The molecule has 140 valence electrons. The second-order valence-corrected chi connectivity index (χ2v) is 7.45. The van der Waals surface area contributed by atoms with Crippen LogP contribution in [-0.4, -0.2) is 30.7 Å². The van der Waals surface area contributed by atoms with E-state index in [1.807, 2.05) is 13.8 Å². The molecule has 6 nitrogen and oxygen atoms in total. The van der Waals surface area contributed by atoms with Gasteiger partial charge in [-0.2, -0.15) is 18.3 Å². The maximum Gasteiger partial charge on any atom is 0.420 e. The molecule has 0 unspecified atom stereocenters. The van der Waals surface area contributed by atoms with Crippen LogP contribution in [0.3, 0.4) is 0 Å². The number of aromatic nitrogens is 4. The van der Waals surface area contributed by atoms with Crippen LogP contribution in [-0.2, 0) is 6.18 Å². The summed E-state index contributed by atoms with van der Waals surface area (Å²) in [6.07, 6.45) is -2.02. The van der Waals surface area contributed by atoms with E-state index in [4.69, 9.17) is 0 Å². The summed E-state index contributed by atoms with van der Waals surface area (Å²) < 4.78 is 42.3. The molecule has 4 rings (SSSR count). The number of nitrogens with zero attached hydrogens (tertiary/aromatic N) is 3. The van der Waals surface area contributed by atoms with Crippen LogP contribution in [0.5, 0.6) is 0 Å². The van der Waals surface area contributed by atoms with Crippen molar-refractivity contribution in [2.75, 3.05) is 0 Å². The third-order valence-corrected chi connectivity index (χ3v) is 5.42. The number of halogens is 3. The van der Waals surface area contributed by atoms with E-state index in [-0.39, 0.29) is 16.4 Å². The molecular formula is C17H13F3N4O2S. The maximum absolute atomic E-state index is 13.5. The van der Waals surface area contributed by atoms with Gasteiger partial charge in [-0.15, -0.1) is 11.3 Å². The van der Waals surface area contributed by atoms with E-state index in [9.17, 15) is 23.1 Å². The molecule has 0 saturated carbocycles. The SMILES string of the molecule is CC(C)c1c(-c2cc(C(F)(F)F)c3ncnn3c2)[nH]c2cc(C(=O)O)sc12. The van der Waals surface area contributed by atoms with Crippen LogP contribution in [0.2, 0.25) is 0 Å². The van der Waals surface area contributed by atoms with Crippen molar-refractivity contribution in [2.45, 2.75) is 25.9 Å². The topological polar surface area (TPSA) is 83.3 Å². The molecule has 4 aromatic heterocycles. The lowest BCUT2D eigenvalue weighted by atomic mass is 9.99. The molecular weight excluding hydrogens is 381 g/mol. The van der Waals surface area contributed by atoms with Gasteiger partial charge in [0, 0.05) is 11.8 Å². The van der Waals surface area contributed by atoms with Crippen LogP contribution in [0.1, 0.15) is 40.6 Å². The lowest BCUT2D eigenvalue weighted by molar-refractivity contribution is -0.136. The molecule has 0 radical (unpaired) electrons. The fraction of sp³-hybridized carbons (Fsp3) is 0.235. The normalized spacial score (nSPS) is 12.5. The zero-order valence-electron chi connectivity index (χ0n) is 14.1. The summed E-state index contributed by atoms with van der Waals surface area (Å²) in [6, 6.07) is 2.54. The van der Waals surface area contributed by atoms with Gasteiger partial charge in [-0.1, -0.05) is 13.8 Å². The number of carboxylic acids is 1. The smallest absolute Gasteiger partial charge is 0.420 e. The highest BCUT2D eigenvalue weighted by Crippen LogP contribution is 2.41. The number of hydrogen-bond acceptors (Lipinski definition) is 4. The molecule has 0 fully saturated rings. The quantitative estimate of drug-likeness (QED) is 0.524. The van der Waals surface area contributed by atoms with Crippen molar-refractivity contribution in [2.24, 2.45) is 0 Å². The Morgan fingerprint density at radius 3 is 2.70 bits per heavy atom. The van der Waals surface area contributed by atoms with E-state index < -0.39 is 17.7 Å². The van der Waals surface area contributed by atoms with Gasteiger partial charge in [0.1, 0.15) is 16.8 Å². The Hall–Kier alpha value is -2.88. The highest BCUT2D eigenvalue weighted by atomic mass is 32.1. The maximum atomic E-state index is 13.5. The Morgan fingerprint density at radius 1 is 1.33 bits per heavy atom. The first-order valence-electron chi connectivity index (χ1n) is 7.96. The van der Waals surface area contributed by atoms with Crippen LogP contribution in [0, 0.1) is 0 Å². The zero-order chi connectivity index (χ0) is 19.5. The standard InChI is InChI=1S/C17H13F3N4O2S/c1-7(2)12-13(23-10-4-11(16(25)26)27-14(10)12)8-3-9(17(18,19)20)15-21-6-22-24(15)5-8/h3-7,23H,1-2H3,(H,25,26). The first-order valence-corrected chi connectivity index (χ1v) is 8.78. The van der Waals surface area contributed by atoms with Gasteiger partial charge in [0.05, 0.1) is 15.9 Å². The van der Waals surface area contributed by atoms with E-state index in [1.165, 1.54) is 12.3 Å². The number of nitrogens with one attached hydrogen (secondary N) is 1. The third-order valence-electron chi connectivity index (χ3n) is 4.26. The number of alkyl halides is 3. The number of fused-ring (bicyclic) bond motifs is 2. The zero-order valence-corrected chi connectivity index (χ0v) is 14.9. The van der Waals surface area contributed by atoms with Crippen LogP contribution in [0.15, 0.2) is 24.7 Å². The van der Waals surface area contributed by atoms with E-state index in [0.717, 1.165) is 38.5 Å². The Balaban J connectivity index is 2.01. The summed E-state index contributed by atoms with van der Waals surface area (Å²) >= 11 is 1.10. The molecule has 0 aromatic carbocycles. The third kappa shape index (κ3) is 2.76. The van der Waals surface area contributed by atoms with Crippen molar-refractivity contribution in [3.63, 3.8) is 0 Å². The summed E-state index contributed by atoms with van der Waals surface area (Å²) in [4.78, 5) is 18.2. The Kier molecular flexibility index (Phi) is 3.77. The van der Waals surface area contributed by atoms with Crippen molar-refractivity contribution < 1.29 is 23.1 Å². The Labute approximate surface area is 154 Å². The van der Waals surface area contributed by atoms with Crippen LogP contribution < -0.4 is 0 Å². The summed E-state index contributed by atoms with van der Waals surface area (Å²) in [6.45, 7) is 3.82. The predicted octanol–water partition coefficient (Wildman–Crippen LogP) is 4.78. The first-order chi connectivity index (χ1) is 12.7. The average Bonchev–Trinajstić information content (AvgIpc) is 3.25. The molecule has 0 spiro atoms. The van der Waals surface area contributed by atoms with Gasteiger partial charge in [0.25, 0.3) is 0 Å². The van der Waals surface area contributed by atoms with Gasteiger partial charge in [0.15, 0.2) is 5.65 Å². The summed E-state index contributed by atoms with van der Waals surface area (Å²) in [5.74, 6) is -1.07. The molecule has 4 aromatic rings. The number of pyridine rings is 1. The van der Waals surface area contributed by atoms with Crippen molar-refractivity contribution in [3.8, 4) is 11.3 Å². The molecule has 0 aliphatic heterocycles. The number of hydrogen-bond donors (Lipinski definition) is 2. The number of H-pyrrole nitrogens is 1. The van der Waals surface area contributed by atoms with Crippen LogP contribution in [0.4, 0.5) is 13.2 Å². The van der Waals surface area contributed by atoms with Gasteiger partial charge in [-0.05, 0) is 23.6 Å². The molecule has 10 heteroatoms. The number of thiophene rings is 1. The molecule has 0 atom stereocenters. The fourth-order valence-electron chi connectivity index (χ4n) is 3.16. The van der Waals surface area contributed by atoms with Gasteiger partial charge in [-0.3, -0.25) is 0 Å². The minimum atomic E-state index is -4.58. The van der Waals surface area contributed by atoms with Gasteiger partial charge in [0.2, 0.25) is 0 Å². The van der Waals surface area contributed by atoms with E-state index in [1.54, 1.807) is 0 Å². The number of aromatic amines is 1. The molecule has 0 aliphatic carbocycles. The predicted molar refractivity (Wildman–Crippen MR) is 94.2 cm³/mol. The summed E-state index contributed by atoms with van der Waals surface area (Å²) in [7, 11) is 0. The molecule has 2 N–H and O–H groups in total. The van der Waals surface area contributed by atoms with E-state index in [0.29, 0.717) is 16.8 Å². The van der Waals surface area contributed by atoms with Gasteiger partial charge >= 0.3 is 12.1 Å². The van der Waals surface area contributed by atoms with Crippen molar-refractivity contribution in [1.29, 1.82) is 0 Å². The van der Waals surface area contributed by atoms with Gasteiger partial charge < -0.3 is 10.1 Å². The lowest BCUT2D eigenvalue weighted by Crippen LogP contribution is -2.09. The minimum Gasteiger partial charge on any atom is -0.477 e. The van der Waals surface area contributed by atoms with E-state index >= 15 is 0 Å². The minimum absolute atomic E-state index is 0.0326.